The number of amides is 2. The number of piperazine rings is 1. The maximum absolute atomic E-state index is 12.8. The highest BCUT2D eigenvalue weighted by Crippen LogP contribution is 2.21. The van der Waals surface area contributed by atoms with Crippen LogP contribution in [0, 0.1) is 5.92 Å². The topological polar surface area (TPSA) is 43.9 Å². The molecule has 0 unspecified atom stereocenters. The number of hydrogen-bond acceptors (Lipinski definition) is 3. The summed E-state index contributed by atoms with van der Waals surface area (Å²) < 4.78 is 0. The van der Waals surface area contributed by atoms with E-state index in [1.54, 1.807) is 0 Å². The lowest BCUT2D eigenvalue weighted by Gasteiger charge is -2.35. The van der Waals surface area contributed by atoms with Crippen LogP contribution in [0.2, 0.25) is 0 Å². The Morgan fingerprint density at radius 2 is 1.81 bits per heavy atom. The van der Waals surface area contributed by atoms with Crippen molar-refractivity contribution in [1.82, 2.24) is 14.7 Å². The van der Waals surface area contributed by atoms with Crippen LogP contribution in [0.4, 0.5) is 0 Å². The lowest BCUT2D eigenvalue weighted by Crippen LogP contribution is -2.50. The van der Waals surface area contributed by atoms with Crippen LogP contribution in [-0.4, -0.2) is 72.3 Å². The van der Waals surface area contributed by atoms with E-state index in [1.165, 1.54) is 18.4 Å². The Balaban J connectivity index is 1.45. The molecule has 2 fully saturated rings. The van der Waals surface area contributed by atoms with Gasteiger partial charge in [-0.25, -0.2) is 0 Å². The van der Waals surface area contributed by atoms with Gasteiger partial charge < -0.3 is 9.80 Å². The fourth-order valence-electron chi connectivity index (χ4n) is 3.89. The van der Waals surface area contributed by atoms with Gasteiger partial charge in [-0.2, -0.15) is 0 Å². The molecule has 5 heteroatoms. The first-order valence-electron chi connectivity index (χ1n) is 10.00. The molecule has 0 saturated carbocycles. The first-order valence-corrected chi connectivity index (χ1v) is 10.00. The van der Waals surface area contributed by atoms with E-state index in [-0.39, 0.29) is 17.7 Å². The maximum Gasteiger partial charge on any atom is 0.228 e. The highest BCUT2D eigenvalue weighted by atomic mass is 16.2. The predicted octanol–water partition coefficient (Wildman–Crippen LogP) is 2.02. The molecule has 5 nitrogen and oxygen atoms in total. The Labute approximate surface area is 156 Å². The molecule has 1 aromatic carbocycles. The van der Waals surface area contributed by atoms with Gasteiger partial charge in [-0.3, -0.25) is 14.5 Å². The molecule has 2 aliphatic heterocycles. The smallest absolute Gasteiger partial charge is 0.228 e. The second-order valence-corrected chi connectivity index (χ2v) is 7.50. The third-order valence-corrected chi connectivity index (χ3v) is 5.59. The summed E-state index contributed by atoms with van der Waals surface area (Å²) in [4.78, 5) is 31.4. The molecule has 0 spiro atoms. The van der Waals surface area contributed by atoms with Crippen LogP contribution in [0.15, 0.2) is 30.3 Å². The van der Waals surface area contributed by atoms with Gasteiger partial charge in [-0.15, -0.1) is 0 Å². The normalized spacial score (nSPS) is 21.4. The minimum atomic E-state index is -0.152. The molecule has 2 aliphatic rings. The van der Waals surface area contributed by atoms with Gasteiger partial charge >= 0.3 is 0 Å². The summed E-state index contributed by atoms with van der Waals surface area (Å²) in [6, 6.07) is 10.2. The van der Waals surface area contributed by atoms with Gasteiger partial charge in [-0.05, 0) is 24.9 Å². The highest BCUT2D eigenvalue weighted by molar-refractivity contribution is 5.89. The van der Waals surface area contributed by atoms with Gasteiger partial charge in [0.2, 0.25) is 11.8 Å². The van der Waals surface area contributed by atoms with Gasteiger partial charge in [0.25, 0.3) is 0 Å². The number of carbonyl (C=O) groups excluding carboxylic acids is 2. The Morgan fingerprint density at radius 3 is 2.50 bits per heavy atom. The van der Waals surface area contributed by atoms with Crippen LogP contribution >= 0.6 is 0 Å². The number of carbonyl (C=O) groups is 2. The SMILES string of the molecule is CCCCN1CCN(C(=O)[C@@H]2CC(=O)N(CCc3ccccc3)C2)CC1. The third kappa shape index (κ3) is 4.85. The van der Waals surface area contributed by atoms with E-state index in [4.69, 9.17) is 0 Å². The van der Waals surface area contributed by atoms with Crippen molar-refractivity contribution in [2.24, 2.45) is 5.92 Å². The van der Waals surface area contributed by atoms with Crippen LogP contribution < -0.4 is 0 Å². The summed E-state index contributed by atoms with van der Waals surface area (Å²) in [5, 5.41) is 0. The molecule has 142 valence electrons. The van der Waals surface area contributed by atoms with Crippen molar-refractivity contribution < 1.29 is 9.59 Å². The lowest BCUT2D eigenvalue weighted by molar-refractivity contribution is -0.137. The molecule has 2 saturated heterocycles. The fraction of sp³-hybridized carbons (Fsp3) is 0.619. The largest absolute Gasteiger partial charge is 0.342 e. The number of nitrogens with zero attached hydrogens (tertiary/aromatic N) is 3. The van der Waals surface area contributed by atoms with Crippen molar-refractivity contribution >= 4 is 11.8 Å². The summed E-state index contributed by atoms with van der Waals surface area (Å²) in [6.45, 7) is 8.16. The van der Waals surface area contributed by atoms with Crippen molar-refractivity contribution in [3.05, 3.63) is 35.9 Å². The van der Waals surface area contributed by atoms with Crippen molar-refractivity contribution in [3.8, 4) is 0 Å². The molecule has 26 heavy (non-hydrogen) atoms. The first-order chi connectivity index (χ1) is 12.7. The average molecular weight is 357 g/mol. The quantitative estimate of drug-likeness (QED) is 0.750. The molecule has 2 heterocycles. The van der Waals surface area contributed by atoms with Gasteiger partial charge in [0.1, 0.15) is 0 Å². The summed E-state index contributed by atoms with van der Waals surface area (Å²) in [5.74, 6) is 0.150. The molecular formula is C21H31N3O2. The zero-order chi connectivity index (χ0) is 18.4. The van der Waals surface area contributed by atoms with Gasteiger partial charge in [-0.1, -0.05) is 43.7 Å². The number of likely N-dealkylation sites (tertiary alicyclic amines) is 1. The zero-order valence-electron chi connectivity index (χ0n) is 15.9. The van der Waals surface area contributed by atoms with E-state index in [0.29, 0.717) is 19.5 Å². The Bertz CT molecular complexity index is 597. The molecule has 0 radical (unpaired) electrons. The molecule has 3 rings (SSSR count). The summed E-state index contributed by atoms with van der Waals surface area (Å²) >= 11 is 0. The van der Waals surface area contributed by atoms with Gasteiger partial charge in [0.15, 0.2) is 0 Å². The van der Waals surface area contributed by atoms with Crippen LogP contribution in [-0.2, 0) is 16.0 Å². The zero-order valence-corrected chi connectivity index (χ0v) is 15.9. The fourth-order valence-corrected chi connectivity index (χ4v) is 3.89. The molecule has 1 atom stereocenters. The summed E-state index contributed by atoms with van der Waals surface area (Å²) in [5.41, 5.74) is 1.23. The van der Waals surface area contributed by atoms with Gasteiger partial charge in [0, 0.05) is 45.7 Å². The van der Waals surface area contributed by atoms with Crippen LogP contribution in [0.25, 0.3) is 0 Å². The summed E-state index contributed by atoms with van der Waals surface area (Å²) in [7, 11) is 0. The third-order valence-electron chi connectivity index (χ3n) is 5.59. The van der Waals surface area contributed by atoms with Crippen molar-refractivity contribution in [3.63, 3.8) is 0 Å². The van der Waals surface area contributed by atoms with Crippen LogP contribution in [0.3, 0.4) is 0 Å². The van der Waals surface area contributed by atoms with E-state index in [0.717, 1.165) is 39.1 Å². The standard InChI is InChI=1S/C21H31N3O2/c1-2-3-10-22-12-14-23(15-13-22)21(26)19-16-20(25)24(17-19)11-9-18-7-5-4-6-8-18/h4-8,19H,2-3,9-17H2,1H3/t19-/m1/s1. The monoisotopic (exact) mass is 357 g/mol. The Kier molecular flexibility index (Phi) is 6.67. The second kappa shape index (κ2) is 9.17. The average Bonchev–Trinajstić information content (AvgIpc) is 3.06. The van der Waals surface area contributed by atoms with E-state index in [9.17, 15) is 9.59 Å². The Morgan fingerprint density at radius 1 is 1.08 bits per heavy atom. The minimum Gasteiger partial charge on any atom is -0.342 e. The molecule has 0 aliphatic carbocycles. The molecule has 0 aromatic heterocycles. The lowest BCUT2D eigenvalue weighted by atomic mass is 10.1. The van der Waals surface area contributed by atoms with Crippen LogP contribution in [0.5, 0.6) is 0 Å². The number of rotatable bonds is 7. The van der Waals surface area contributed by atoms with Crippen molar-refractivity contribution in [1.29, 1.82) is 0 Å². The number of hydrogen-bond donors (Lipinski definition) is 0. The van der Waals surface area contributed by atoms with Crippen molar-refractivity contribution in [2.75, 3.05) is 45.8 Å². The maximum atomic E-state index is 12.8. The second-order valence-electron chi connectivity index (χ2n) is 7.50. The van der Waals surface area contributed by atoms with E-state index in [2.05, 4.69) is 24.0 Å². The first kappa shape index (κ1) is 18.9. The predicted molar refractivity (Wildman–Crippen MR) is 103 cm³/mol. The highest BCUT2D eigenvalue weighted by Gasteiger charge is 2.36. The van der Waals surface area contributed by atoms with Crippen molar-refractivity contribution in [2.45, 2.75) is 32.6 Å². The molecule has 0 N–H and O–H groups in total. The molecule has 0 bridgehead atoms. The van der Waals surface area contributed by atoms with E-state index in [1.807, 2.05) is 28.0 Å². The summed E-state index contributed by atoms with van der Waals surface area (Å²) in [6.07, 6.45) is 3.66. The Hall–Kier alpha value is -1.88. The minimum absolute atomic E-state index is 0.126. The molecular weight excluding hydrogens is 326 g/mol. The number of benzene rings is 1. The van der Waals surface area contributed by atoms with E-state index < -0.39 is 0 Å². The van der Waals surface area contributed by atoms with E-state index >= 15 is 0 Å². The van der Waals surface area contributed by atoms with Crippen LogP contribution in [0.1, 0.15) is 31.7 Å². The van der Waals surface area contributed by atoms with Gasteiger partial charge in [0.05, 0.1) is 5.92 Å². The molecule has 2 amide bonds. The molecule has 1 aromatic rings. The number of unbranched alkanes of at least 4 members (excludes halogenated alkanes) is 1.